The van der Waals surface area contributed by atoms with Crippen LogP contribution >= 0.6 is 0 Å². The quantitative estimate of drug-likeness (QED) is 0.718. The molecule has 0 amide bonds. The van der Waals surface area contributed by atoms with Crippen LogP contribution in [0.4, 0.5) is 5.69 Å². The minimum absolute atomic E-state index is 0.119. The summed E-state index contributed by atoms with van der Waals surface area (Å²) in [6, 6.07) is 1.76. The second-order valence-electron chi connectivity index (χ2n) is 3.88. The summed E-state index contributed by atoms with van der Waals surface area (Å²) in [6.07, 6.45) is 3.79. The summed E-state index contributed by atoms with van der Waals surface area (Å²) < 4.78 is 25.9. The number of sulfonamides is 1. The van der Waals surface area contributed by atoms with Crippen LogP contribution in [0.15, 0.2) is 18.5 Å². The van der Waals surface area contributed by atoms with E-state index in [9.17, 15) is 8.42 Å². The number of aryl methyl sites for hydroxylation is 1. The molecule has 0 radical (unpaired) electrons. The van der Waals surface area contributed by atoms with Gasteiger partial charge in [0.2, 0.25) is 10.0 Å². The first-order valence-corrected chi connectivity index (χ1v) is 7.31. The summed E-state index contributed by atoms with van der Waals surface area (Å²) in [4.78, 5) is 3.94. The van der Waals surface area contributed by atoms with Crippen molar-refractivity contribution >= 4 is 15.7 Å². The molecule has 0 atom stereocenters. The molecule has 0 aromatic carbocycles. The van der Waals surface area contributed by atoms with Gasteiger partial charge < -0.3 is 5.32 Å². The number of anilines is 1. The molecule has 1 aromatic heterocycles. The van der Waals surface area contributed by atoms with E-state index in [4.69, 9.17) is 0 Å². The van der Waals surface area contributed by atoms with Crippen LogP contribution in [0.3, 0.4) is 0 Å². The van der Waals surface area contributed by atoms with Gasteiger partial charge in [-0.2, -0.15) is 0 Å². The summed E-state index contributed by atoms with van der Waals surface area (Å²) in [6.45, 7) is 5.43. The fourth-order valence-corrected chi connectivity index (χ4v) is 2.50. The molecule has 0 bridgehead atoms. The Hall–Kier alpha value is -1.14. The van der Waals surface area contributed by atoms with E-state index in [1.807, 2.05) is 13.8 Å². The van der Waals surface area contributed by atoms with Crippen molar-refractivity contribution < 1.29 is 8.42 Å². The molecule has 0 unspecified atom stereocenters. The molecule has 17 heavy (non-hydrogen) atoms. The van der Waals surface area contributed by atoms with E-state index < -0.39 is 10.0 Å². The van der Waals surface area contributed by atoms with Crippen molar-refractivity contribution in [1.29, 1.82) is 0 Å². The van der Waals surface area contributed by atoms with Gasteiger partial charge in [0, 0.05) is 6.20 Å². The van der Waals surface area contributed by atoms with Crippen LogP contribution in [-0.2, 0) is 10.0 Å². The third kappa shape index (κ3) is 5.65. The molecule has 1 heterocycles. The lowest BCUT2D eigenvalue weighted by Crippen LogP contribution is -2.21. The summed E-state index contributed by atoms with van der Waals surface area (Å²) in [5.74, 6) is 0.119. The van der Waals surface area contributed by atoms with E-state index in [1.165, 1.54) is 6.20 Å². The third-order valence-corrected chi connectivity index (χ3v) is 3.54. The number of nitrogens with zero attached hydrogens (tertiary/aromatic N) is 1. The van der Waals surface area contributed by atoms with Crippen molar-refractivity contribution in [2.45, 2.75) is 20.3 Å². The Morgan fingerprint density at radius 2 is 2.12 bits per heavy atom. The average molecular weight is 257 g/mol. The van der Waals surface area contributed by atoms with Crippen LogP contribution < -0.4 is 10.0 Å². The monoisotopic (exact) mass is 257 g/mol. The number of hydrogen-bond acceptors (Lipinski definition) is 4. The summed E-state index contributed by atoms with van der Waals surface area (Å²) in [5.41, 5.74) is 1.45. The largest absolute Gasteiger partial charge is 0.317 e. The average Bonchev–Trinajstić information content (AvgIpc) is 2.24. The minimum Gasteiger partial charge on any atom is -0.317 e. The molecule has 0 saturated heterocycles. The van der Waals surface area contributed by atoms with Gasteiger partial charge >= 0.3 is 0 Å². The van der Waals surface area contributed by atoms with Gasteiger partial charge in [-0.05, 0) is 38.1 Å². The summed E-state index contributed by atoms with van der Waals surface area (Å²) in [5, 5.41) is 3.09. The number of hydrogen-bond donors (Lipinski definition) is 2. The molecule has 1 aromatic rings. The van der Waals surface area contributed by atoms with Crippen molar-refractivity contribution in [3.8, 4) is 0 Å². The first-order valence-electron chi connectivity index (χ1n) is 5.66. The van der Waals surface area contributed by atoms with Crippen LogP contribution in [0, 0.1) is 6.92 Å². The molecule has 0 aliphatic carbocycles. The van der Waals surface area contributed by atoms with Crippen LogP contribution in [0.25, 0.3) is 0 Å². The number of pyridine rings is 1. The van der Waals surface area contributed by atoms with E-state index in [2.05, 4.69) is 15.0 Å². The van der Waals surface area contributed by atoms with Gasteiger partial charge in [-0.25, -0.2) is 8.42 Å². The molecule has 0 aliphatic heterocycles. The zero-order chi connectivity index (χ0) is 12.7. The molecule has 5 nitrogen and oxygen atoms in total. The molecular weight excluding hydrogens is 238 g/mol. The lowest BCUT2D eigenvalue weighted by molar-refractivity contribution is 0.595. The minimum atomic E-state index is -3.26. The fourth-order valence-electron chi connectivity index (χ4n) is 1.41. The predicted octanol–water partition coefficient (Wildman–Crippen LogP) is 1.13. The van der Waals surface area contributed by atoms with Crippen molar-refractivity contribution in [3.63, 3.8) is 0 Å². The lowest BCUT2D eigenvalue weighted by Gasteiger charge is -2.08. The number of nitrogens with one attached hydrogen (secondary N) is 2. The lowest BCUT2D eigenvalue weighted by atomic mass is 10.3. The summed E-state index contributed by atoms with van der Waals surface area (Å²) in [7, 11) is -3.26. The standard InChI is InChI=1S/C11H19N3O2S/c1-3-12-5-4-6-17(15,16)14-11-7-10(2)8-13-9-11/h7-9,12,14H,3-6H2,1-2H3. The number of aromatic nitrogens is 1. The zero-order valence-corrected chi connectivity index (χ0v) is 11.0. The van der Waals surface area contributed by atoms with Crippen LogP contribution in [0.5, 0.6) is 0 Å². The highest BCUT2D eigenvalue weighted by Crippen LogP contribution is 2.09. The second-order valence-corrected chi connectivity index (χ2v) is 5.72. The predicted molar refractivity (Wildman–Crippen MR) is 69.5 cm³/mol. The van der Waals surface area contributed by atoms with Crippen LogP contribution in [0.1, 0.15) is 18.9 Å². The number of rotatable bonds is 7. The molecule has 1 rings (SSSR count). The molecule has 0 spiro atoms. The van der Waals surface area contributed by atoms with E-state index in [0.29, 0.717) is 18.7 Å². The molecule has 0 aliphatic rings. The molecular formula is C11H19N3O2S. The van der Waals surface area contributed by atoms with Crippen molar-refractivity contribution in [2.24, 2.45) is 0 Å². The highest BCUT2D eigenvalue weighted by Gasteiger charge is 2.09. The molecule has 0 saturated carbocycles. The Morgan fingerprint density at radius 1 is 1.35 bits per heavy atom. The zero-order valence-electron chi connectivity index (χ0n) is 10.2. The van der Waals surface area contributed by atoms with Gasteiger partial charge in [0.1, 0.15) is 0 Å². The van der Waals surface area contributed by atoms with Gasteiger partial charge in [-0.3, -0.25) is 9.71 Å². The topological polar surface area (TPSA) is 71.1 Å². The Balaban J connectivity index is 2.49. The SMILES string of the molecule is CCNCCCS(=O)(=O)Nc1cncc(C)c1. The summed E-state index contributed by atoms with van der Waals surface area (Å²) >= 11 is 0. The molecule has 0 fully saturated rings. The van der Waals surface area contributed by atoms with E-state index in [-0.39, 0.29) is 5.75 Å². The van der Waals surface area contributed by atoms with Gasteiger partial charge in [0.05, 0.1) is 17.6 Å². The van der Waals surface area contributed by atoms with E-state index in [1.54, 1.807) is 12.3 Å². The Labute approximate surface area is 103 Å². The maximum Gasteiger partial charge on any atom is 0.232 e. The van der Waals surface area contributed by atoms with E-state index in [0.717, 1.165) is 12.1 Å². The highest BCUT2D eigenvalue weighted by molar-refractivity contribution is 7.92. The Bertz CT molecular complexity index is 446. The molecule has 6 heteroatoms. The highest BCUT2D eigenvalue weighted by atomic mass is 32.2. The van der Waals surface area contributed by atoms with Gasteiger partial charge in [-0.1, -0.05) is 6.92 Å². The van der Waals surface area contributed by atoms with Gasteiger partial charge in [-0.15, -0.1) is 0 Å². The fraction of sp³-hybridized carbons (Fsp3) is 0.545. The third-order valence-electron chi connectivity index (χ3n) is 2.16. The molecule has 2 N–H and O–H groups in total. The smallest absolute Gasteiger partial charge is 0.232 e. The first-order chi connectivity index (χ1) is 8.03. The maximum absolute atomic E-state index is 11.7. The Kier molecular flexibility index (Phi) is 5.37. The van der Waals surface area contributed by atoms with Crippen molar-refractivity contribution in [1.82, 2.24) is 10.3 Å². The Morgan fingerprint density at radius 3 is 2.76 bits per heavy atom. The van der Waals surface area contributed by atoms with Crippen LogP contribution in [0.2, 0.25) is 0 Å². The van der Waals surface area contributed by atoms with Gasteiger partial charge in [0.25, 0.3) is 0 Å². The van der Waals surface area contributed by atoms with Crippen LogP contribution in [-0.4, -0.2) is 32.2 Å². The van der Waals surface area contributed by atoms with Gasteiger partial charge in [0.15, 0.2) is 0 Å². The van der Waals surface area contributed by atoms with Crippen molar-refractivity contribution in [3.05, 3.63) is 24.0 Å². The normalized spacial score (nSPS) is 11.4. The first kappa shape index (κ1) is 13.9. The van der Waals surface area contributed by atoms with E-state index >= 15 is 0 Å². The molecule has 96 valence electrons. The second kappa shape index (κ2) is 6.56. The van der Waals surface area contributed by atoms with Crippen molar-refractivity contribution in [2.75, 3.05) is 23.6 Å². The maximum atomic E-state index is 11.7.